The molecule has 0 radical (unpaired) electrons. The van der Waals surface area contributed by atoms with Crippen molar-refractivity contribution in [2.45, 2.75) is 39.0 Å². The average Bonchev–Trinajstić information content (AvgIpc) is 2.81. The molecule has 0 unspecified atom stereocenters. The molecule has 0 spiro atoms. The number of amides is 1. The number of rotatable bonds is 6. The lowest BCUT2D eigenvalue weighted by atomic mass is 10.1. The Labute approximate surface area is 146 Å². The molecule has 0 fully saturated rings. The number of nitrogens with one attached hydrogen (secondary N) is 2. The van der Waals surface area contributed by atoms with Crippen LogP contribution in [-0.4, -0.2) is 25.9 Å². The number of benzene rings is 1. The van der Waals surface area contributed by atoms with E-state index in [2.05, 4.69) is 15.0 Å². The molecule has 1 aromatic heterocycles. The second-order valence-electron chi connectivity index (χ2n) is 5.72. The van der Waals surface area contributed by atoms with Crippen molar-refractivity contribution in [3.8, 4) is 0 Å². The fourth-order valence-corrected chi connectivity index (χ4v) is 4.74. The molecule has 0 atom stereocenters. The van der Waals surface area contributed by atoms with Crippen LogP contribution < -0.4 is 10.0 Å². The van der Waals surface area contributed by atoms with Gasteiger partial charge in [-0.3, -0.25) is 4.79 Å². The third kappa shape index (κ3) is 4.62. The maximum atomic E-state index is 12.5. The summed E-state index contributed by atoms with van der Waals surface area (Å²) in [5.74, 6) is -0.274. The predicted octanol–water partition coefficient (Wildman–Crippen LogP) is 2.68. The molecule has 8 heteroatoms. The molecular formula is C16H21N3O3S2. The number of carbonyl (C=O) groups excluding carboxylic acids is 1. The van der Waals surface area contributed by atoms with Gasteiger partial charge in [0.1, 0.15) is 0 Å². The summed E-state index contributed by atoms with van der Waals surface area (Å²) in [4.78, 5) is 16.3. The molecule has 1 amide bonds. The SMILES string of the molecule is Cc1cc(C)c(S(=O)(=O)NCCC(=O)Nc2nc(C)cs2)c(C)c1. The average molecular weight is 367 g/mol. The zero-order chi connectivity index (χ0) is 17.9. The molecule has 0 saturated carbocycles. The monoisotopic (exact) mass is 367 g/mol. The van der Waals surface area contributed by atoms with Crippen molar-refractivity contribution in [3.63, 3.8) is 0 Å². The zero-order valence-electron chi connectivity index (χ0n) is 14.1. The summed E-state index contributed by atoms with van der Waals surface area (Å²) in [5.41, 5.74) is 3.24. The highest BCUT2D eigenvalue weighted by molar-refractivity contribution is 7.89. The Morgan fingerprint density at radius 1 is 1.17 bits per heavy atom. The van der Waals surface area contributed by atoms with E-state index in [-0.39, 0.29) is 23.8 Å². The van der Waals surface area contributed by atoms with Gasteiger partial charge in [-0.15, -0.1) is 11.3 Å². The number of aryl methyl sites for hydroxylation is 4. The van der Waals surface area contributed by atoms with E-state index in [1.807, 2.05) is 31.4 Å². The van der Waals surface area contributed by atoms with E-state index in [0.29, 0.717) is 16.3 Å². The number of hydrogen-bond acceptors (Lipinski definition) is 5. The molecule has 0 saturated heterocycles. The van der Waals surface area contributed by atoms with Crippen molar-refractivity contribution in [1.29, 1.82) is 0 Å². The maximum Gasteiger partial charge on any atom is 0.241 e. The molecule has 0 aliphatic heterocycles. The summed E-state index contributed by atoms with van der Waals surface area (Å²) in [7, 11) is -3.65. The molecule has 1 aromatic carbocycles. The van der Waals surface area contributed by atoms with Crippen molar-refractivity contribution in [1.82, 2.24) is 9.71 Å². The lowest BCUT2D eigenvalue weighted by molar-refractivity contribution is -0.116. The minimum Gasteiger partial charge on any atom is -0.302 e. The summed E-state index contributed by atoms with van der Waals surface area (Å²) in [6, 6.07) is 3.66. The molecule has 1 heterocycles. The predicted molar refractivity (Wildman–Crippen MR) is 95.9 cm³/mol. The largest absolute Gasteiger partial charge is 0.302 e. The van der Waals surface area contributed by atoms with Crippen LogP contribution >= 0.6 is 11.3 Å². The number of hydrogen-bond donors (Lipinski definition) is 2. The van der Waals surface area contributed by atoms with E-state index in [1.54, 1.807) is 13.8 Å². The lowest BCUT2D eigenvalue weighted by Crippen LogP contribution is -2.29. The van der Waals surface area contributed by atoms with Gasteiger partial charge in [-0.25, -0.2) is 18.1 Å². The van der Waals surface area contributed by atoms with E-state index < -0.39 is 10.0 Å². The second kappa shape index (κ2) is 7.42. The summed E-state index contributed by atoms with van der Waals surface area (Å²) < 4.78 is 27.4. The van der Waals surface area contributed by atoms with Gasteiger partial charge in [0.15, 0.2) is 5.13 Å². The van der Waals surface area contributed by atoms with Crippen LogP contribution in [0.5, 0.6) is 0 Å². The number of thiazole rings is 1. The van der Waals surface area contributed by atoms with Gasteiger partial charge < -0.3 is 5.32 Å². The van der Waals surface area contributed by atoms with E-state index in [0.717, 1.165) is 11.3 Å². The summed E-state index contributed by atoms with van der Waals surface area (Å²) in [6.45, 7) is 7.34. The quantitative estimate of drug-likeness (QED) is 0.822. The lowest BCUT2D eigenvalue weighted by Gasteiger charge is -2.13. The molecule has 130 valence electrons. The molecular weight excluding hydrogens is 346 g/mol. The van der Waals surface area contributed by atoms with E-state index in [9.17, 15) is 13.2 Å². The third-order valence-electron chi connectivity index (χ3n) is 3.38. The Hall–Kier alpha value is -1.77. The van der Waals surface area contributed by atoms with Gasteiger partial charge in [0.2, 0.25) is 15.9 Å². The smallest absolute Gasteiger partial charge is 0.241 e. The number of nitrogens with zero attached hydrogens (tertiary/aromatic N) is 1. The van der Waals surface area contributed by atoms with Crippen LogP contribution in [-0.2, 0) is 14.8 Å². The van der Waals surface area contributed by atoms with Crippen molar-refractivity contribution < 1.29 is 13.2 Å². The second-order valence-corrected chi connectivity index (χ2v) is 8.28. The van der Waals surface area contributed by atoms with Crippen LogP contribution in [0.4, 0.5) is 5.13 Å². The molecule has 2 N–H and O–H groups in total. The van der Waals surface area contributed by atoms with Crippen LogP contribution in [0.15, 0.2) is 22.4 Å². The zero-order valence-corrected chi connectivity index (χ0v) is 15.8. The fourth-order valence-electron chi connectivity index (χ4n) is 2.55. The van der Waals surface area contributed by atoms with Gasteiger partial charge in [0.05, 0.1) is 10.6 Å². The van der Waals surface area contributed by atoms with Crippen molar-refractivity contribution in [2.24, 2.45) is 0 Å². The molecule has 24 heavy (non-hydrogen) atoms. The van der Waals surface area contributed by atoms with Crippen LogP contribution in [0.1, 0.15) is 28.8 Å². The standard InChI is InChI=1S/C16H21N3O3S2/c1-10-7-11(2)15(12(3)8-10)24(21,22)17-6-5-14(20)19-16-18-13(4)9-23-16/h7-9,17H,5-6H2,1-4H3,(H,18,19,20). The van der Waals surface area contributed by atoms with Crippen LogP contribution in [0, 0.1) is 27.7 Å². The van der Waals surface area contributed by atoms with Gasteiger partial charge in [-0.2, -0.15) is 0 Å². The molecule has 2 aromatic rings. The number of sulfonamides is 1. The molecule has 0 aliphatic rings. The minimum absolute atomic E-state index is 0.0330. The van der Waals surface area contributed by atoms with Crippen molar-refractivity contribution in [3.05, 3.63) is 39.9 Å². The Balaban J connectivity index is 1.97. The summed E-state index contributed by atoms with van der Waals surface area (Å²) in [6.07, 6.45) is 0.0435. The number of carbonyl (C=O) groups is 1. The first kappa shape index (κ1) is 18.6. The van der Waals surface area contributed by atoms with Crippen LogP contribution in [0.25, 0.3) is 0 Å². The van der Waals surface area contributed by atoms with E-state index in [4.69, 9.17) is 0 Å². The molecule has 2 rings (SSSR count). The van der Waals surface area contributed by atoms with Crippen LogP contribution in [0.3, 0.4) is 0 Å². The Bertz CT molecular complexity index is 834. The Morgan fingerprint density at radius 3 is 2.33 bits per heavy atom. The highest BCUT2D eigenvalue weighted by Crippen LogP contribution is 2.21. The first-order chi connectivity index (χ1) is 11.2. The third-order valence-corrected chi connectivity index (χ3v) is 6.02. The van der Waals surface area contributed by atoms with Crippen LogP contribution in [0.2, 0.25) is 0 Å². The Kier molecular flexibility index (Phi) is 5.74. The normalized spacial score (nSPS) is 11.5. The molecule has 6 nitrogen and oxygen atoms in total. The first-order valence-corrected chi connectivity index (χ1v) is 9.85. The van der Waals surface area contributed by atoms with Crippen molar-refractivity contribution in [2.75, 3.05) is 11.9 Å². The number of aromatic nitrogens is 1. The Morgan fingerprint density at radius 2 is 1.79 bits per heavy atom. The molecule has 0 aliphatic carbocycles. The topological polar surface area (TPSA) is 88.2 Å². The highest BCUT2D eigenvalue weighted by Gasteiger charge is 2.19. The van der Waals surface area contributed by atoms with Gasteiger partial charge in [-0.05, 0) is 38.8 Å². The fraction of sp³-hybridized carbons (Fsp3) is 0.375. The van der Waals surface area contributed by atoms with Gasteiger partial charge in [-0.1, -0.05) is 17.7 Å². The summed E-state index contributed by atoms with van der Waals surface area (Å²) >= 11 is 1.34. The first-order valence-electron chi connectivity index (χ1n) is 7.48. The highest BCUT2D eigenvalue weighted by atomic mass is 32.2. The maximum absolute atomic E-state index is 12.5. The van der Waals surface area contributed by atoms with E-state index >= 15 is 0 Å². The van der Waals surface area contributed by atoms with Crippen molar-refractivity contribution >= 4 is 32.4 Å². The minimum atomic E-state index is -3.65. The van der Waals surface area contributed by atoms with Gasteiger partial charge in [0.25, 0.3) is 0 Å². The van der Waals surface area contributed by atoms with Gasteiger partial charge in [0, 0.05) is 18.3 Å². The summed E-state index contributed by atoms with van der Waals surface area (Å²) in [5, 5.41) is 5.01. The van der Waals surface area contributed by atoms with E-state index in [1.165, 1.54) is 11.3 Å². The molecule has 0 bridgehead atoms. The number of anilines is 1. The van der Waals surface area contributed by atoms with Gasteiger partial charge >= 0.3 is 0 Å².